The van der Waals surface area contributed by atoms with Gasteiger partial charge in [0.2, 0.25) is 20.0 Å². The first-order chi connectivity index (χ1) is 7.74. The molecule has 1 rings (SSSR count). The molecule has 1 fully saturated rings. The molecule has 3 N–H and O–H groups in total. The van der Waals surface area contributed by atoms with Crippen LogP contribution in [0.5, 0.6) is 0 Å². The fourth-order valence-electron chi connectivity index (χ4n) is 1.77. The van der Waals surface area contributed by atoms with Gasteiger partial charge in [0.25, 0.3) is 0 Å². The van der Waals surface area contributed by atoms with E-state index in [1.807, 2.05) is 0 Å². The minimum Gasteiger partial charge on any atom is -0.329 e. The Hall–Kier alpha value is -0.220. The highest BCUT2D eigenvalue weighted by Gasteiger charge is 2.27. The van der Waals surface area contributed by atoms with E-state index < -0.39 is 20.0 Å². The molecule has 102 valence electrons. The van der Waals surface area contributed by atoms with E-state index in [-0.39, 0.29) is 18.3 Å². The zero-order valence-electron chi connectivity index (χ0n) is 9.79. The number of nitrogens with one attached hydrogen (secondary N) is 1. The predicted molar refractivity (Wildman–Crippen MR) is 65.4 cm³/mol. The maximum Gasteiger partial charge on any atom is 0.213 e. The monoisotopic (exact) mass is 285 g/mol. The van der Waals surface area contributed by atoms with Crippen LogP contribution in [-0.2, 0) is 20.0 Å². The third-order valence-corrected chi connectivity index (χ3v) is 5.42. The lowest BCUT2D eigenvalue weighted by Gasteiger charge is -2.30. The number of nitrogens with zero attached hydrogens (tertiary/aromatic N) is 1. The standard InChI is InChI=1S/C8H19N3O4S2/c1-16(12,13)11-5-2-8(3-6-11)10-17(14,15)7-4-9/h8,10H,2-7,9H2,1H3. The molecule has 0 spiro atoms. The second kappa shape index (κ2) is 5.61. The van der Waals surface area contributed by atoms with Gasteiger partial charge in [0.1, 0.15) is 0 Å². The number of sulfonamides is 2. The maximum atomic E-state index is 11.5. The molecular weight excluding hydrogens is 266 g/mol. The zero-order valence-corrected chi connectivity index (χ0v) is 11.4. The summed E-state index contributed by atoms with van der Waals surface area (Å²) in [6.07, 6.45) is 2.15. The Bertz CT molecular complexity index is 437. The average molecular weight is 285 g/mol. The number of rotatable bonds is 5. The van der Waals surface area contributed by atoms with Crippen molar-refractivity contribution in [3.63, 3.8) is 0 Å². The highest BCUT2D eigenvalue weighted by molar-refractivity contribution is 7.89. The molecule has 1 heterocycles. The maximum absolute atomic E-state index is 11.5. The van der Waals surface area contributed by atoms with Gasteiger partial charge in [0.05, 0.1) is 12.0 Å². The van der Waals surface area contributed by atoms with Crippen molar-refractivity contribution in [2.75, 3.05) is 31.6 Å². The van der Waals surface area contributed by atoms with Gasteiger partial charge < -0.3 is 5.73 Å². The summed E-state index contributed by atoms with van der Waals surface area (Å²) in [7, 11) is -6.49. The van der Waals surface area contributed by atoms with Crippen LogP contribution in [-0.4, -0.2) is 58.8 Å². The van der Waals surface area contributed by atoms with Crippen LogP contribution in [0.4, 0.5) is 0 Å². The molecule has 0 bridgehead atoms. The quantitative estimate of drug-likeness (QED) is 0.625. The Labute approximate surface area is 102 Å². The van der Waals surface area contributed by atoms with Crippen LogP contribution in [0.3, 0.4) is 0 Å². The van der Waals surface area contributed by atoms with E-state index in [4.69, 9.17) is 5.73 Å². The van der Waals surface area contributed by atoms with Gasteiger partial charge >= 0.3 is 0 Å². The lowest BCUT2D eigenvalue weighted by Crippen LogP contribution is -2.47. The Morgan fingerprint density at radius 3 is 2.18 bits per heavy atom. The Kier molecular flexibility index (Phi) is 4.90. The fourth-order valence-corrected chi connectivity index (χ4v) is 3.82. The van der Waals surface area contributed by atoms with Gasteiger partial charge in [-0.15, -0.1) is 0 Å². The number of piperidine rings is 1. The summed E-state index contributed by atoms with van der Waals surface area (Å²) < 4.78 is 49.3. The van der Waals surface area contributed by atoms with E-state index in [9.17, 15) is 16.8 Å². The van der Waals surface area contributed by atoms with Gasteiger partial charge in [-0.05, 0) is 12.8 Å². The van der Waals surface area contributed by atoms with E-state index in [1.54, 1.807) is 0 Å². The Balaban J connectivity index is 2.48. The van der Waals surface area contributed by atoms with Crippen molar-refractivity contribution in [1.82, 2.24) is 9.03 Å². The molecule has 0 aromatic carbocycles. The first kappa shape index (κ1) is 14.8. The van der Waals surface area contributed by atoms with Crippen LogP contribution in [0.25, 0.3) is 0 Å². The van der Waals surface area contributed by atoms with Gasteiger partial charge in [-0.25, -0.2) is 25.9 Å². The molecular formula is C8H19N3O4S2. The summed E-state index contributed by atoms with van der Waals surface area (Å²) in [6.45, 7) is 0.792. The molecule has 1 aliphatic rings. The van der Waals surface area contributed by atoms with Gasteiger partial charge in [-0.1, -0.05) is 0 Å². The molecule has 7 nitrogen and oxygen atoms in total. The van der Waals surface area contributed by atoms with Gasteiger partial charge in [-0.2, -0.15) is 0 Å². The van der Waals surface area contributed by atoms with Crippen LogP contribution in [0.1, 0.15) is 12.8 Å². The van der Waals surface area contributed by atoms with E-state index >= 15 is 0 Å². The molecule has 1 aliphatic heterocycles. The van der Waals surface area contributed by atoms with Crippen molar-refractivity contribution in [1.29, 1.82) is 0 Å². The smallest absolute Gasteiger partial charge is 0.213 e. The average Bonchev–Trinajstić information content (AvgIpc) is 2.16. The molecule has 0 aromatic rings. The third kappa shape index (κ3) is 4.88. The first-order valence-corrected chi connectivity index (χ1v) is 8.90. The molecule has 0 aliphatic carbocycles. The lowest BCUT2D eigenvalue weighted by molar-refractivity contribution is 0.310. The summed E-state index contributed by atoms with van der Waals surface area (Å²) in [5, 5.41) is 0. The summed E-state index contributed by atoms with van der Waals surface area (Å²) in [4.78, 5) is 0. The summed E-state index contributed by atoms with van der Waals surface area (Å²) in [6, 6.07) is -0.190. The molecule has 0 radical (unpaired) electrons. The molecule has 1 saturated heterocycles. The Morgan fingerprint density at radius 1 is 1.24 bits per heavy atom. The highest BCUT2D eigenvalue weighted by atomic mass is 32.2. The Morgan fingerprint density at radius 2 is 1.76 bits per heavy atom. The fraction of sp³-hybridized carbons (Fsp3) is 1.00. The molecule has 0 saturated carbocycles. The van der Waals surface area contributed by atoms with E-state index in [0.29, 0.717) is 25.9 Å². The van der Waals surface area contributed by atoms with Crippen molar-refractivity contribution in [3.05, 3.63) is 0 Å². The molecule has 0 aromatic heterocycles. The minimum absolute atomic E-state index is 0.0809. The number of nitrogens with two attached hydrogens (primary N) is 1. The SMILES string of the molecule is CS(=O)(=O)N1CCC(NS(=O)(=O)CCN)CC1. The van der Waals surface area contributed by atoms with E-state index in [2.05, 4.69) is 4.72 Å². The molecule has 9 heteroatoms. The third-order valence-electron chi connectivity index (χ3n) is 2.66. The number of hydrogen-bond acceptors (Lipinski definition) is 5. The molecule has 17 heavy (non-hydrogen) atoms. The first-order valence-electron chi connectivity index (χ1n) is 5.40. The minimum atomic E-state index is -3.33. The number of hydrogen-bond donors (Lipinski definition) is 2. The van der Waals surface area contributed by atoms with Crippen LogP contribution >= 0.6 is 0 Å². The van der Waals surface area contributed by atoms with Crippen molar-refractivity contribution in [2.24, 2.45) is 5.73 Å². The highest BCUT2D eigenvalue weighted by Crippen LogP contribution is 2.13. The zero-order chi connectivity index (χ0) is 13.1. The van der Waals surface area contributed by atoms with E-state index in [0.717, 1.165) is 6.26 Å². The normalized spacial score (nSPS) is 20.6. The lowest BCUT2D eigenvalue weighted by atomic mass is 10.1. The van der Waals surface area contributed by atoms with E-state index in [1.165, 1.54) is 4.31 Å². The molecule has 0 amide bonds. The summed E-state index contributed by atoms with van der Waals surface area (Å²) in [5.74, 6) is -0.0979. The molecule has 0 unspecified atom stereocenters. The van der Waals surface area contributed by atoms with Crippen LogP contribution < -0.4 is 10.5 Å². The second-order valence-corrected chi connectivity index (χ2v) is 8.02. The topological polar surface area (TPSA) is 110 Å². The predicted octanol–water partition coefficient (Wildman–Crippen LogP) is -1.71. The van der Waals surface area contributed by atoms with Crippen molar-refractivity contribution in [3.8, 4) is 0 Å². The van der Waals surface area contributed by atoms with Crippen LogP contribution in [0.2, 0.25) is 0 Å². The van der Waals surface area contributed by atoms with Crippen molar-refractivity contribution in [2.45, 2.75) is 18.9 Å². The largest absolute Gasteiger partial charge is 0.329 e. The van der Waals surface area contributed by atoms with Gasteiger partial charge in [0, 0.05) is 25.7 Å². The van der Waals surface area contributed by atoms with Crippen molar-refractivity contribution < 1.29 is 16.8 Å². The van der Waals surface area contributed by atoms with Crippen LogP contribution in [0, 0.1) is 0 Å². The summed E-state index contributed by atoms with van der Waals surface area (Å²) in [5.41, 5.74) is 5.19. The second-order valence-electron chi connectivity index (χ2n) is 4.16. The van der Waals surface area contributed by atoms with Gasteiger partial charge in [0.15, 0.2) is 0 Å². The van der Waals surface area contributed by atoms with Gasteiger partial charge in [-0.3, -0.25) is 0 Å². The molecule has 0 atom stereocenters. The summed E-state index contributed by atoms with van der Waals surface area (Å²) >= 11 is 0. The van der Waals surface area contributed by atoms with Crippen LogP contribution in [0.15, 0.2) is 0 Å². The van der Waals surface area contributed by atoms with Crippen molar-refractivity contribution >= 4 is 20.0 Å².